The van der Waals surface area contributed by atoms with E-state index in [0.29, 0.717) is 13.1 Å². The number of hydrogen-bond acceptors (Lipinski definition) is 4. The summed E-state index contributed by atoms with van der Waals surface area (Å²) in [4.78, 5) is 10.3. The van der Waals surface area contributed by atoms with Gasteiger partial charge in [0.05, 0.1) is 12.1 Å². The summed E-state index contributed by atoms with van der Waals surface area (Å²) >= 11 is 1.72. The first-order chi connectivity index (χ1) is 10.6. The van der Waals surface area contributed by atoms with Crippen LogP contribution in [0.15, 0.2) is 11.2 Å². The molecule has 1 aromatic rings. The van der Waals surface area contributed by atoms with Crippen molar-refractivity contribution in [1.82, 2.24) is 15.6 Å². The third-order valence-electron chi connectivity index (χ3n) is 4.04. The van der Waals surface area contributed by atoms with E-state index in [4.69, 9.17) is 0 Å². The van der Waals surface area contributed by atoms with Crippen LogP contribution in [0, 0.1) is 0 Å². The number of guanidine groups is 1. The lowest BCUT2D eigenvalue weighted by molar-refractivity contribution is 0.00859. The number of aryl methyl sites for hydroxylation is 1. The smallest absolute Gasteiger partial charge is 0.191 e. The molecular weight excluding hydrogens is 296 g/mol. The SMILES string of the molecule is CCNC(=NCc1ncc(CC)s1)NCC1(O)CCCCC1. The van der Waals surface area contributed by atoms with Crippen molar-refractivity contribution in [3.05, 3.63) is 16.1 Å². The molecule has 5 nitrogen and oxygen atoms in total. The van der Waals surface area contributed by atoms with Crippen LogP contribution in [0.3, 0.4) is 0 Å². The Hall–Kier alpha value is -1.14. The van der Waals surface area contributed by atoms with Crippen LogP contribution in [0.2, 0.25) is 0 Å². The summed E-state index contributed by atoms with van der Waals surface area (Å²) in [6.07, 6.45) is 8.18. The number of nitrogens with zero attached hydrogens (tertiary/aromatic N) is 2. The van der Waals surface area contributed by atoms with Gasteiger partial charge < -0.3 is 15.7 Å². The van der Waals surface area contributed by atoms with Crippen molar-refractivity contribution in [2.75, 3.05) is 13.1 Å². The number of aromatic nitrogens is 1. The largest absolute Gasteiger partial charge is 0.388 e. The standard InChI is InChI=1S/C16H28N4OS/c1-3-13-10-18-14(22-13)11-19-15(17-4-2)20-12-16(21)8-6-5-7-9-16/h10,21H,3-9,11-12H2,1-2H3,(H2,17,19,20). The highest BCUT2D eigenvalue weighted by atomic mass is 32.1. The highest BCUT2D eigenvalue weighted by molar-refractivity contribution is 7.11. The summed E-state index contributed by atoms with van der Waals surface area (Å²) in [7, 11) is 0. The molecule has 1 aliphatic rings. The Morgan fingerprint density at radius 2 is 2.09 bits per heavy atom. The van der Waals surface area contributed by atoms with Crippen molar-refractivity contribution in [3.63, 3.8) is 0 Å². The number of aliphatic imine (C=N–C) groups is 1. The van der Waals surface area contributed by atoms with Crippen LogP contribution in [0.5, 0.6) is 0 Å². The lowest BCUT2D eigenvalue weighted by Crippen LogP contribution is -2.48. The Bertz CT molecular complexity index is 480. The molecule has 1 fully saturated rings. The highest BCUT2D eigenvalue weighted by Gasteiger charge is 2.29. The molecule has 1 saturated carbocycles. The van der Waals surface area contributed by atoms with Crippen molar-refractivity contribution in [3.8, 4) is 0 Å². The molecular formula is C16H28N4OS. The number of aliphatic hydroxyl groups is 1. The van der Waals surface area contributed by atoms with E-state index < -0.39 is 5.60 Å². The molecule has 0 saturated heterocycles. The molecule has 6 heteroatoms. The fourth-order valence-corrected chi connectivity index (χ4v) is 3.49. The van der Waals surface area contributed by atoms with Gasteiger partial charge in [-0.1, -0.05) is 26.2 Å². The first-order valence-electron chi connectivity index (χ1n) is 8.33. The average Bonchev–Trinajstić information content (AvgIpc) is 2.99. The van der Waals surface area contributed by atoms with E-state index in [1.165, 1.54) is 11.3 Å². The minimum absolute atomic E-state index is 0.566. The van der Waals surface area contributed by atoms with E-state index in [-0.39, 0.29) is 0 Å². The minimum Gasteiger partial charge on any atom is -0.388 e. The van der Waals surface area contributed by atoms with Crippen LogP contribution < -0.4 is 10.6 Å². The Morgan fingerprint density at radius 3 is 2.73 bits per heavy atom. The highest BCUT2D eigenvalue weighted by Crippen LogP contribution is 2.27. The molecule has 0 aromatic carbocycles. The maximum atomic E-state index is 10.6. The maximum absolute atomic E-state index is 10.6. The van der Waals surface area contributed by atoms with Gasteiger partial charge >= 0.3 is 0 Å². The molecule has 0 bridgehead atoms. The van der Waals surface area contributed by atoms with Crippen molar-refractivity contribution < 1.29 is 5.11 Å². The molecule has 0 atom stereocenters. The summed E-state index contributed by atoms with van der Waals surface area (Å²) < 4.78 is 0. The monoisotopic (exact) mass is 324 g/mol. The zero-order chi connectivity index (χ0) is 15.8. The molecule has 2 rings (SSSR count). The number of thiazole rings is 1. The molecule has 1 aromatic heterocycles. The van der Waals surface area contributed by atoms with E-state index in [1.807, 2.05) is 13.1 Å². The second-order valence-electron chi connectivity index (χ2n) is 5.91. The maximum Gasteiger partial charge on any atom is 0.191 e. The summed E-state index contributed by atoms with van der Waals surface area (Å²) in [5, 5.41) is 18.1. The summed E-state index contributed by atoms with van der Waals surface area (Å²) in [5.41, 5.74) is -0.578. The van der Waals surface area contributed by atoms with Crippen molar-refractivity contribution >= 4 is 17.3 Å². The Kier molecular flexibility index (Phi) is 6.64. The third-order valence-corrected chi connectivity index (χ3v) is 5.16. The number of hydrogen-bond donors (Lipinski definition) is 3. The van der Waals surface area contributed by atoms with Gasteiger partial charge in [0.1, 0.15) is 5.01 Å². The third kappa shape index (κ3) is 5.25. The van der Waals surface area contributed by atoms with E-state index >= 15 is 0 Å². The molecule has 124 valence electrons. The predicted octanol–water partition coefficient (Wildman–Crippen LogP) is 2.46. The fraction of sp³-hybridized carbons (Fsp3) is 0.750. The zero-order valence-electron chi connectivity index (χ0n) is 13.7. The first kappa shape index (κ1) is 17.2. The Morgan fingerprint density at radius 1 is 1.32 bits per heavy atom. The van der Waals surface area contributed by atoms with Gasteiger partial charge in [0, 0.05) is 24.2 Å². The first-order valence-corrected chi connectivity index (χ1v) is 9.15. The molecule has 0 amide bonds. The van der Waals surface area contributed by atoms with Crippen LogP contribution in [-0.4, -0.2) is 34.7 Å². The average molecular weight is 324 g/mol. The molecule has 0 aliphatic heterocycles. The van der Waals surface area contributed by atoms with Crippen LogP contribution in [0.25, 0.3) is 0 Å². The lowest BCUT2D eigenvalue weighted by Gasteiger charge is -2.32. The molecule has 1 aliphatic carbocycles. The minimum atomic E-state index is -0.578. The van der Waals surface area contributed by atoms with E-state index in [9.17, 15) is 5.11 Å². The van der Waals surface area contributed by atoms with Gasteiger partial charge in [-0.25, -0.2) is 9.98 Å². The van der Waals surface area contributed by atoms with Crippen molar-refractivity contribution in [2.24, 2.45) is 4.99 Å². The number of nitrogens with one attached hydrogen (secondary N) is 2. The quantitative estimate of drug-likeness (QED) is 0.555. The van der Waals surface area contributed by atoms with Crippen LogP contribution in [-0.2, 0) is 13.0 Å². The van der Waals surface area contributed by atoms with Gasteiger partial charge in [-0.05, 0) is 26.2 Å². The van der Waals surface area contributed by atoms with Crippen LogP contribution >= 0.6 is 11.3 Å². The van der Waals surface area contributed by atoms with Crippen LogP contribution in [0.4, 0.5) is 0 Å². The Balaban J connectivity index is 1.89. The molecule has 0 spiro atoms. The van der Waals surface area contributed by atoms with E-state index in [2.05, 4.69) is 27.5 Å². The summed E-state index contributed by atoms with van der Waals surface area (Å²) in [6, 6.07) is 0. The number of rotatable bonds is 6. The molecule has 1 heterocycles. The lowest BCUT2D eigenvalue weighted by atomic mass is 9.85. The van der Waals surface area contributed by atoms with Crippen molar-refractivity contribution in [2.45, 2.75) is 64.5 Å². The van der Waals surface area contributed by atoms with Gasteiger partial charge in [-0.3, -0.25) is 0 Å². The molecule has 0 radical (unpaired) electrons. The van der Waals surface area contributed by atoms with E-state index in [1.54, 1.807) is 11.3 Å². The predicted molar refractivity (Wildman–Crippen MR) is 92.3 cm³/mol. The van der Waals surface area contributed by atoms with E-state index in [0.717, 1.165) is 49.6 Å². The second-order valence-corrected chi connectivity index (χ2v) is 7.11. The topological polar surface area (TPSA) is 69.5 Å². The van der Waals surface area contributed by atoms with Gasteiger partial charge in [0.15, 0.2) is 5.96 Å². The summed E-state index contributed by atoms with van der Waals surface area (Å²) in [5.74, 6) is 0.759. The Labute approximate surface area is 137 Å². The zero-order valence-corrected chi connectivity index (χ0v) is 14.5. The van der Waals surface area contributed by atoms with Crippen LogP contribution in [0.1, 0.15) is 55.8 Å². The summed E-state index contributed by atoms with van der Waals surface area (Å²) in [6.45, 7) is 6.14. The molecule has 3 N–H and O–H groups in total. The molecule has 22 heavy (non-hydrogen) atoms. The fourth-order valence-electron chi connectivity index (χ4n) is 2.71. The van der Waals surface area contributed by atoms with Gasteiger partial charge in [-0.15, -0.1) is 11.3 Å². The van der Waals surface area contributed by atoms with Gasteiger partial charge in [0.25, 0.3) is 0 Å². The normalized spacial score (nSPS) is 18.2. The van der Waals surface area contributed by atoms with Gasteiger partial charge in [-0.2, -0.15) is 0 Å². The molecule has 0 unspecified atom stereocenters. The van der Waals surface area contributed by atoms with Gasteiger partial charge in [0.2, 0.25) is 0 Å². The van der Waals surface area contributed by atoms with Crippen molar-refractivity contribution in [1.29, 1.82) is 0 Å². The second kappa shape index (κ2) is 8.48.